The number of aromatic nitrogens is 1. The molecule has 0 saturated heterocycles. The third-order valence-corrected chi connectivity index (χ3v) is 6.36. The van der Waals surface area contributed by atoms with Crippen LogP contribution in [0.1, 0.15) is 25.3 Å². The molecule has 1 N–H and O–H groups in total. The second kappa shape index (κ2) is 9.80. The van der Waals surface area contributed by atoms with Crippen molar-refractivity contribution in [2.45, 2.75) is 32.8 Å². The van der Waals surface area contributed by atoms with Gasteiger partial charge in [-0.2, -0.15) is 0 Å². The lowest BCUT2D eigenvalue weighted by Gasteiger charge is -2.33. The van der Waals surface area contributed by atoms with E-state index >= 15 is 0 Å². The van der Waals surface area contributed by atoms with Gasteiger partial charge in [-0.25, -0.2) is 4.98 Å². The molecule has 1 unspecified atom stereocenters. The van der Waals surface area contributed by atoms with Crippen LogP contribution >= 0.6 is 22.9 Å². The number of hydrogen-bond acceptors (Lipinski definition) is 6. The van der Waals surface area contributed by atoms with Crippen molar-refractivity contribution in [3.05, 3.63) is 51.8 Å². The van der Waals surface area contributed by atoms with E-state index in [-0.39, 0.29) is 18.4 Å². The van der Waals surface area contributed by atoms with E-state index in [9.17, 15) is 9.59 Å². The molecular weight excluding hydrogens is 462 g/mol. The number of hydrogen-bond donors (Lipinski definition) is 1. The summed E-state index contributed by atoms with van der Waals surface area (Å²) in [6.07, 6.45) is 1.25. The number of amides is 2. The minimum Gasteiger partial charge on any atom is -0.495 e. The van der Waals surface area contributed by atoms with Crippen LogP contribution in [0.3, 0.4) is 0 Å². The first-order chi connectivity index (χ1) is 15.9. The first kappa shape index (κ1) is 23.1. The molecule has 0 saturated carbocycles. The molecule has 4 rings (SSSR count). The van der Waals surface area contributed by atoms with Crippen LogP contribution in [0.2, 0.25) is 5.02 Å². The second-order valence-electron chi connectivity index (χ2n) is 7.64. The van der Waals surface area contributed by atoms with Gasteiger partial charge in [0.25, 0.3) is 5.91 Å². The lowest BCUT2D eigenvalue weighted by Crippen LogP contribution is -2.47. The first-order valence-corrected chi connectivity index (χ1v) is 11.9. The number of ether oxygens (including phenoxy) is 2. The standard InChI is InChI=1S/C24H24ClN3O4S/c1-4-5-23-27-18(13-33-23)15-6-8-21-19(10-15)28(24(30)14(2)32-21)12-22(29)26-17-11-16(25)7-9-20(17)31-3/h6-11,13-14H,4-5,12H2,1-3H3,(H,26,29). The van der Waals surface area contributed by atoms with Crippen molar-refractivity contribution in [3.63, 3.8) is 0 Å². The fraction of sp³-hybridized carbons (Fsp3) is 0.292. The highest BCUT2D eigenvalue weighted by atomic mass is 35.5. The van der Waals surface area contributed by atoms with Gasteiger partial charge in [-0.05, 0) is 56.2 Å². The topological polar surface area (TPSA) is 80.8 Å². The summed E-state index contributed by atoms with van der Waals surface area (Å²) in [4.78, 5) is 32.0. The fourth-order valence-corrected chi connectivity index (χ4v) is 4.69. The zero-order valence-electron chi connectivity index (χ0n) is 18.6. The van der Waals surface area contributed by atoms with Crippen molar-refractivity contribution in [1.29, 1.82) is 0 Å². The molecule has 1 atom stereocenters. The number of methoxy groups -OCH3 is 1. The molecule has 0 aliphatic carbocycles. The smallest absolute Gasteiger partial charge is 0.268 e. The van der Waals surface area contributed by atoms with E-state index in [2.05, 4.69) is 12.2 Å². The summed E-state index contributed by atoms with van der Waals surface area (Å²) in [5.41, 5.74) is 2.67. The van der Waals surface area contributed by atoms with E-state index in [1.165, 1.54) is 12.0 Å². The van der Waals surface area contributed by atoms with Gasteiger partial charge in [0.1, 0.15) is 18.0 Å². The van der Waals surface area contributed by atoms with E-state index in [4.69, 9.17) is 26.1 Å². The Morgan fingerprint density at radius 1 is 1.30 bits per heavy atom. The molecule has 9 heteroatoms. The summed E-state index contributed by atoms with van der Waals surface area (Å²) in [6, 6.07) is 10.5. The number of thiazole rings is 1. The molecule has 0 radical (unpaired) electrons. The second-order valence-corrected chi connectivity index (χ2v) is 9.02. The Balaban J connectivity index is 1.61. The van der Waals surface area contributed by atoms with Crippen LogP contribution < -0.4 is 19.7 Å². The van der Waals surface area contributed by atoms with Gasteiger partial charge in [-0.15, -0.1) is 11.3 Å². The van der Waals surface area contributed by atoms with E-state index in [1.54, 1.807) is 36.5 Å². The molecule has 1 aliphatic rings. The van der Waals surface area contributed by atoms with Crippen molar-refractivity contribution in [2.24, 2.45) is 0 Å². The molecule has 2 amide bonds. The van der Waals surface area contributed by atoms with E-state index < -0.39 is 6.10 Å². The predicted octanol–water partition coefficient (Wildman–Crippen LogP) is 5.18. The molecule has 2 aromatic carbocycles. The van der Waals surface area contributed by atoms with E-state index in [1.807, 2.05) is 23.6 Å². The van der Waals surface area contributed by atoms with Gasteiger partial charge in [0.2, 0.25) is 5.91 Å². The summed E-state index contributed by atoms with van der Waals surface area (Å²) < 4.78 is 11.1. The van der Waals surface area contributed by atoms with Gasteiger partial charge in [0.15, 0.2) is 6.10 Å². The first-order valence-electron chi connectivity index (χ1n) is 10.6. The molecule has 1 aromatic heterocycles. The average Bonchev–Trinajstić information content (AvgIpc) is 3.26. The number of aryl methyl sites for hydroxylation is 1. The Labute approximate surface area is 201 Å². The van der Waals surface area contributed by atoms with Crippen LogP contribution in [0.15, 0.2) is 41.8 Å². The SMILES string of the molecule is CCCc1nc(-c2ccc3c(c2)N(CC(=O)Nc2cc(Cl)ccc2OC)C(=O)C(C)O3)cs1. The number of carbonyl (C=O) groups excluding carboxylic acids is 2. The van der Waals surface area contributed by atoms with Crippen LogP contribution in [0.5, 0.6) is 11.5 Å². The predicted molar refractivity (Wildman–Crippen MR) is 131 cm³/mol. The van der Waals surface area contributed by atoms with Crippen LogP contribution in [-0.2, 0) is 16.0 Å². The largest absolute Gasteiger partial charge is 0.495 e. The van der Waals surface area contributed by atoms with Crippen LogP contribution in [0, 0.1) is 0 Å². The Kier molecular flexibility index (Phi) is 6.85. The fourth-order valence-electron chi connectivity index (χ4n) is 3.61. The van der Waals surface area contributed by atoms with Crippen LogP contribution in [0.25, 0.3) is 11.3 Å². The molecule has 0 fully saturated rings. The monoisotopic (exact) mass is 485 g/mol. The van der Waals surface area contributed by atoms with Crippen LogP contribution in [-0.4, -0.2) is 36.6 Å². The third-order valence-electron chi connectivity index (χ3n) is 5.22. The average molecular weight is 486 g/mol. The molecular formula is C24H24ClN3O4S. The maximum atomic E-state index is 13.0. The number of nitrogens with one attached hydrogen (secondary N) is 1. The molecule has 172 valence electrons. The van der Waals surface area contributed by atoms with Gasteiger partial charge in [-0.1, -0.05) is 18.5 Å². The molecule has 0 bridgehead atoms. The summed E-state index contributed by atoms with van der Waals surface area (Å²) in [5, 5.41) is 6.32. The Hall–Kier alpha value is -3.10. The van der Waals surface area contributed by atoms with Gasteiger partial charge in [0.05, 0.1) is 29.2 Å². The lowest BCUT2D eigenvalue weighted by molar-refractivity contribution is -0.127. The summed E-state index contributed by atoms with van der Waals surface area (Å²) in [5.74, 6) is 0.345. The highest BCUT2D eigenvalue weighted by Crippen LogP contribution is 2.38. The van der Waals surface area contributed by atoms with Gasteiger partial charge in [0, 0.05) is 16.0 Å². The molecule has 1 aliphatic heterocycles. The molecule has 2 heterocycles. The number of nitrogens with zero attached hydrogens (tertiary/aromatic N) is 2. The molecule has 7 nitrogen and oxygen atoms in total. The number of halogens is 1. The number of carbonyl (C=O) groups is 2. The van der Waals surface area contributed by atoms with Crippen LogP contribution in [0.4, 0.5) is 11.4 Å². The van der Waals surface area contributed by atoms with Crippen molar-refractivity contribution >= 4 is 46.1 Å². The number of anilines is 2. The minimum absolute atomic E-state index is 0.184. The van der Waals surface area contributed by atoms with Gasteiger partial charge >= 0.3 is 0 Å². The van der Waals surface area contributed by atoms with Crippen molar-refractivity contribution < 1.29 is 19.1 Å². The maximum absolute atomic E-state index is 13.0. The lowest BCUT2D eigenvalue weighted by atomic mass is 10.1. The number of fused-ring (bicyclic) bond motifs is 1. The maximum Gasteiger partial charge on any atom is 0.268 e. The summed E-state index contributed by atoms with van der Waals surface area (Å²) >= 11 is 7.68. The molecule has 3 aromatic rings. The van der Waals surface area contributed by atoms with Gasteiger partial charge < -0.3 is 14.8 Å². The Morgan fingerprint density at radius 3 is 2.88 bits per heavy atom. The highest BCUT2D eigenvalue weighted by Gasteiger charge is 2.33. The molecule has 33 heavy (non-hydrogen) atoms. The number of benzene rings is 2. The summed E-state index contributed by atoms with van der Waals surface area (Å²) in [7, 11) is 1.51. The van der Waals surface area contributed by atoms with Gasteiger partial charge in [-0.3, -0.25) is 14.5 Å². The van der Waals surface area contributed by atoms with Crippen molar-refractivity contribution in [3.8, 4) is 22.8 Å². The minimum atomic E-state index is -0.702. The Bertz CT molecular complexity index is 1200. The molecule has 0 spiro atoms. The van der Waals surface area contributed by atoms with Crippen molar-refractivity contribution in [2.75, 3.05) is 23.9 Å². The third kappa shape index (κ3) is 4.96. The Morgan fingerprint density at radius 2 is 2.12 bits per heavy atom. The van der Waals surface area contributed by atoms with Crippen molar-refractivity contribution in [1.82, 2.24) is 4.98 Å². The summed E-state index contributed by atoms with van der Waals surface area (Å²) in [6.45, 7) is 3.60. The van der Waals surface area contributed by atoms with E-state index in [0.29, 0.717) is 27.9 Å². The van der Waals surface area contributed by atoms with E-state index in [0.717, 1.165) is 29.1 Å². The zero-order valence-corrected chi connectivity index (χ0v) is 20.1. The zero-order chi connectivity index (χ0) is 23.5. The highest BCUT2D eigenvalue weighted by molar-refractivity contribution is 7.09. The quantitative estimate of drug-likeness (QED) is 0.499. The normalized spacial score (nSPS) is 15.1. The number of rotatable bonds is 7.